The molecule has 3 rings (SSSR count). The number of hydrogen-bond acceptors (Lipinski definition) is 8. The SMILES string of the molecule is C[P+](=O)OC[C@@]12CO[C@@H]([C@H](n3ccc(=O)[nH]c3=O)O1)[C@@H]2NS(C)(=O)=O. The highest BCUT2D eigenvalue weighted by atomic mass is 32.2. The van der Waals surface area contributed by atoms with Gasteiger partial charge in [-0.1, -0.05) is 0 Å². The maximum atomic E-state index is 12.0. The van der Waals surface area contributed by atoms with E-state index in [1.165, 1.54) is 12.9 Å². The summed E-state index contributed by atoms with van der Waals surface area (Å²) in [5.41, 5.74) is -2.53. The van der Waals surface area contributed by atoms with Crippen LogP contribution in [0.3, 0.4) is 0 Å². The maximum absolute atomic E-state index is 12.0. The van der Waals surface area contributed by atoms with Gasteiger partial charge in [-0.2, -0.15) is 0 Å². The van der Waals surface area contributed by atoms with Crippen LogP contribution in [0.25, 0.3) is 0 Å². The van der Waals surface area contributed by atoms with Crippen LogP contribution in [0.15, 0.2) is 21.9 Å². The van der Waals surface area contributed by atoms with Gasteiger partial charge < -0.3 is 9.47 Å². The average molecular weight is 394 g/mol. The molecule has 2 aliphatic heterocycles. The summed E-state index contributed by atoms with van der Waals surface area (Å²) in [7, 11) is -5.56. The molecule has 0 amide bonds. The Balaban J connectivity index is 1.98. The Morgan fingerprint density at radius 2 is 2.24 bits per heavy atom. The molecular formula is C12H17N3O8PS+. The molecule has 13 heteroatoms. The van der Waals surface area contributed by atoms with Gasteiger partial charge in [0.2, 0.25) is 10.0 Å². The Bertz CT molecular complexity index is 911. The smallest absolute Gasteiger partial charge is 0.369 e. The lowest BCUT2D eigenvalue weighted by Crippen LogP contribution is -2.53. The molecule has 2 bridgehead atoms. The summed E-state index contributed by atoms with van der Waals surface area (Å²) in [6.45, 7) is 1.18. The first-order valence-electron chi connectivity index (χ1n) is 7.23. The zero-order valence-corrected chi connectivity index (χ0v) is 15.1. The summed E-state index contributed by atoms with van der Waals surface area (Å²) < 4.78 is 54.9. The van der Waals surface area contributed by atoms with Crippen molar-refractivity contribution in [3.8, 4) is 0 Å². The molecule has 11 nitrogen and oxygen atoms in total. The number of nitrogens with one attached hydrogen (secondary N) is 2. The number of ether oxygens (including phenoxy) is 2. The zero-order chi connectivity index (χ0) is 18.4. The van der Waals surface area contributed by atoms with Crippen LogP contribution in [-0.4, -0.2) is 61.9 Å². The number of sulfonamides is 1. The third-order valence-corrected chi connectivity index (χ3v) is 5.18. The Morgan fingerprint density at radius 1 is 1.52 bits per heavy atom. The van der Waals surface area contributed by atoms with Gasteiger partial charge in [-0.15, -0.1) is 4.52 Å². The molecule has 0 aliphatic carbocycles. The number of fused-ring (bicyclic) bond motifs is 2. The van der Waals surface area contributed by atoms with E-state index in [1.807, 2.05) is 0 Å². The van der Waals surface area contributed by atoms with E-state index in [9.17, 15) is 22.6 Å². The standard InChI is InChI=1S/C12H16N3O8PS/c1-24(18)22-6-12-5-21-8(9(12)14-25(2,19)20)10(23-12)15-4-3-7(16)13-11(15)17/h3-4,8-10,14H,5-6H2,1-2H3/p+1/t8-,9+,10-,12-/m1/s1. The van der Waals surface area contributed by atoms with Gasteiger partial charge in [-0.3, -0.25) is 14.3 Å². The zero-order valence-electron chi connectivity index (χ0n) is 13.4. The van der Waals surface area contributed by atoms with E-state index in [4.69, 9.17) is 14.0 Å². The van der Waals surface area contributed by atoms with Gasteiger partial charge in [0.15, 0.2) is 12.9 Å². The molecule has 5 atom stereocenters. The van der Waals surface area contributed by atoms with E-state index < -0.39 is 53.3 Å². The van der Waals surface area contributed by atoms with Gasteiger partial charge in [0.1, 0.15) is 18.3 Å². The Kier molecular flexibility index (Phi) is 4.69. The molecule has 2 saturated heterocycles. The molecule has 3 heterocycles. The third kappa shape index (κ3) is 3.59. The van der Waals surface area contributed by atoms with Crippen molar-refractivity contribution in [2.75, 3.05) is 26.1 Å². The number of hydrogen-bond donors (Lipinski definition) is 2. The predicted molar refractivity (Wildman–Crippen MR) is 85.2 cm³/mol. The molecule has 0 radical (unpaired) electrons. The molecule has 1 aromatic heterocycles. The van der Waals surface area contributed by atoms with Crippen LogP contribution in [-0.2, 0) is 28.6 Å². The van der Waals surface area contributed by atoms with E-state index in [2.05, 4.69) is 9.71 Å². The minimum absolute atomic E-state index is 0.00261. The molecule has 2 fully saturated rings. The average Bonchev–Trinajstić information content (AvgIpc) is 2.96. The molecule has 0 aromatic carbocycles. The molecule has 2 aliphatic rings. The molecular weight excluding hydrogens is 377 g/mol. The molecule has 1 aromatic rings. The van der Waals surface area contributed by atoms with Gasteiger partial charge >= 0.3 is 13.7 Å². The first-order valence-corrected chi connectivity index (χ1v) is 10.7. The minimum Gasteiger partial charge on any atom is -0.369 e. The van der Waals surface area contributed by atoms with Crippen molar-refractivity contribution < 1.29 is 27.0 Å². The van der Waals surface area contributed by atoms with Gasteiger partial charge in [0.05, 0.1) is 18.9 Å². The first kappa shape index (κ1) is 18.4. The highest BCUT2D eigenvalue weighted by Gasteiger charge is 2.64. The fourth-order valence-corrected chi connectivity index (χ4v) is 4.21. The number of H-pyrrole nitrogens is 1. The fourth-order valence-electron chi connectivity index (χ4n) is 3.00. The van der Waals surface area contributed by atoms with Crippen molar-refractivity contribution in [2.24, 2.45) is 0 Å². The first-order chi connectivity index (χ1) is 11.6. The van der Waals surface area contributed by atoms with Gasteiger partial charge in [-0.25, -0.2) is 17.9 Å². The molecule has 138 valence electrons. The molecule has 2 N–H and O–H groups in total. The molecule has 1 unspecified atom stereocenters. The lowest BCUT2D eigenvalue weighted by atomic mass is 9.98. The number of nitrogens with zero attached hydrogens (tertiary/aromatic N) is 1. The van der Waals surface area contributed by atoms with E-state index >= 15 is 0 Å². The van der Waals surface area contributed by atoms with Crippen LogP contribution in [0, 0.1) is 0 Å². The van der Waals surface area contributed by atoms with Crippen LogP contribution >= 0.6 is 8.03 Å². The quantitative estimate of drug-likeness (QED) is 0.555. The van der Waals surface area contributed by atoms with Crippen molar-refractivity contribution in [3.05, 3.63) is 33.1 Å². The summed E-state index contributed by atoms with van der Waals surface area (Å²) in [6, 6.07) is 0.295. The summed E-state index contributed by atoms with van der Waals surface area (Å²) in [5.74, 6) is 0. The lowest BCUT2D eigenvalue weighted by molar-refractivity contribution is -0.182. The number of rotatable bonds is 6. The molecule has 0 spiro atoms. The van der Waals surface area contributed by atoms with Crippen LogP contribution in [0.4, 0.5) is 0 Å². The van der Waals surface area contributed by atoms with Gasteiger partial charge in [0, 0.05) is 12.3 Å². The van der Waals surface area contributed by atoms with E-state index in [1.54, 1.807) is 0 Å². The number of aromatic nitrogens is 2. The topological polar surface area (TPSA) is 146 Å². The second kappa shape index (κ2) is 6.38. The summed E-state index contributed by atoms with van der Waals surface area (Å²) in [6.07, 6.45) is 0.427. The predicted octanol–water partition coefficient (Wildman–Crippen LogP) is -1.49. The maximum Gasteiger partial charge on any atom is 0.504 e. The van der Waals surface area contributed by atoms with Crippen LogP contribution in [0.2, 0.25) is 0 Å². The van der Waals surface area contributed by atoms with Crippen LogP contribution < -0.4 is 16.0 Å². The van der Waals surface area contributed by atoms with Crippen molar-refractivity contribution in [1.82, 2.24) is 14.3 Å². The molecule has 0 saturated carbocycles. The fraction of sp³-hybridized carbons (Fsp3) is 0.667. The molecule has 25 heavy (non-hydrogen) atoms. The van der Waals surface area contributed by atoms with E-state index in [0.29, 0.717) is 0 Å². The third-order valence-electron chi connectivity index (χ3n) is 4.01. The minimum atomic E-state index is -3.62. The Morgan fingerprint density at radius 3 is 2.84 bits per heavy atom. The van der Waals surface area contributed by atoms with Gasteiger partial charge in [-0.05, 0) is 4.57 Å². The summed E-state index contributed by atoms with van der Waals surface area (Å²) in [5, 5.41) is 0. The van der Waals surface area contributed by atoms with Gasteiger partial charge in [0.25, 0.3) is 5.56 Å². The van der Waals surface area contributed by atoms with Crippen LogP contribution in [0.1, 0.15) is 6.23 Å². The van der Waals surface area contributed by atoms with Crippen molar-refractivity contribution in [2.45, 2.75) is 24.0 Å². The highest BCUT2D eigenvalue weighted by molar-refractivity contribution is 7.88. The van der Waals surface area contributed by atoms with E-state index in [0.717, 1.165) is 16.9 Å². The lowest BCUT2D eigenvalue weighted by Gasteiger charge is -2.30. The summed E-state index contributed by atoms with van der Waals surface area (Å²) in [4.78, 5) is 25.3. The van der Waals surface area contributed by atoms with Crippen LogP contribution in [0.5, 0.6) is 0 Å². The normalized spacial score (nSPS) is 32.1. The monoisotopic (exact) mass is 394 g/mol. The highest BCUT2D eigenvalue weighted by Crippen LogP contribution is 2.45. The van der Waals surface area contributed by atoms with Crippen molar-refractivity contribution in [1.29, 1.82) is 0 Å². The Labute approximate surface area is 143 Å². The van der Waals surface area contributed by atoms with E-state index in [-0.39, 0.29) is 13.2 Å². The second-order valence-corrected chi connectivity index (χ2v) is 8.86. The van der Waals surface area contributed by atoms with Crippen molar-refractivity contribution in [3.63, 3.8) is 0 Å². The number of aromatic amines is 1. The van der Waals surface area contributed by atoms with Crippen molar-refractivity contribution >= 4 is 18.1 Å². The summed E-state index contributed by atoms with van der Waals surface area (Å²) >= 11 is 0. The second-order valence-electron chi connectivity index (χ2n) is 5.95. The largest absolute Gasteiger partial charge is 0.504 e. The Hall–Kier alpha value is -1.43.